The van der Waals surface area contributed by atoms with Gasteiger partial charge in [0.1, 0.15) is 0 Å². The van der Waals surface area contributed by atoms with Gasteiger partial charge in [-0.15, -0.1) is 0 Å². The first-order chi connectivity index (χ1) is 10.3. The number of hydrogen-bond acceptors (Lipinski definition) is 1. The molecule has 1 heteroatoms. The summed E-state index contributed by atoms with van der Waals surface area (Å²) in [7, 11) is 0. The van der Waals surface area contributed by atoms with E-state index < -0.39 is 0 Å². The fourth-order valence-corrected chi connectivity index (χ4v) is 3.42. The Balaban J connectivity index is 1.57. The summed E-state index contributed by atoms with van der Waals surface area (Å²) in [4.78, 5) is 0. The van der Waals surface area contributed by atoms with Crippen molar-refractivity contribution in [3.05, 3.63) is 54.6 Å². The molecule has 0 aromatic heterocycles. The standard InChI is InChI=1S/C20H25N/c1-16-6-5-7-17(14-16)15-21-20-12-10-19(11-13-20)18-8-3-2-4-9-18/h2-4,8-13,16-17,21H,5-7,14-15H2,1H3. The number of hydrogen-bond donors (Lipinski definition) is 1. The Hall–Kier alpha value is -1.76. The zero-order valence-electron chi connectivity index (χ0n) is 12.9. The van der Waals surface area contributed by atoms with E-state index in [2.05, 4.69) is 66.8 Å². The Morgan fingerprint density at radius 3 is 2.33 bits per heavy atom. The summed E-state index contributed by atoms with van der Waals surface area (Å²) in [5.74, 6) is 1.76. The highest BCUT2D eigenvalue weighted by atomic mass is 14.9. The quantitative estimate of drug-likeness (QED) is 0.769. The summed E-state index contributed by atoms with van der Waals surface area (Å²) < 4.78 is 0. The molecule has 0 amide bonds. The van der Waals surface area contributed by atoms with Gasteiger partial charge in [-0.2, -0.15) is 0 Å². The van der Waals surface area contributed by atoms with Crippen LogP contribution in [0.4, 0.5) is 5.69 Å². The Kier molecular flexibility index (Phi) is 4.59. The molecule has 1 saturated carbocycles. The highest BCUT2D eigenvalue weighted by Gasteiger charge is 2.18. The molecule has 21 heavy (non-hydrogen) atoms. The second kappa shape index (κ2) is 6.80. The van der Waals surface area contributed by atoms with Crippen LogP contribution in [0.1, 0.15) is 32.6 Å². The summed E-state index contributed by atoms with van der Waals surface area (Å²) in [5.41, 5.74) is 3.81. The Morgan fingerprint density at radius 2 is 1.62 bits per heavy atom. The SMILES string of the molecule is CC1CCCC(CNc2ccc(-c3ccccc3)cc2)C1. The highest BCUT2D eigenvalue weighted by Crippen LogP contribution is 2.29. The van der Waals surface area contributed by atoms with Gasteiger partial charge < -0.3 is 5.32 Å². The maximum absolute atomic E-state index is 3.61. The van der Waals surface area contributed by atoms with Gasteiger partial charge in [-0.25, -0.2) is 0 Å². The first-order valence-electron chi connectivity index (χ1n) is 8.20. The van der Waals surface area contributed by atoms with E-state index in [-0.39, 0.29) is 0 Å². The first kappa shape index (κ1) is 14.2. The van der Waals surface area contributed by atoms with Crippen LogP contribution in [0.5, 0.6) is 0 Å². The Bertz CT molecular complexity index is 544. The number of benzene rings is 2. The van der Waals surface area contributed by atoms with Crippen LogP contribution < -0.4 is 5.32 Å². The zero-order chi connectivity index (χ0) is 14.5. The molecule has 2 aromatic carbocycles. The van der Waals surface area contributed by atoms with Gasteiger partial charge in [-0.05, 0) is 47.9 Å². The molecule has 1 aliphatic rings. The van der Waals surface area contributed by atoms with Gasteiger partial charge in [0.25, 0.3) is 0 Å². The molecule has 3 rings (SSSR count). The normalized spacial score (nSPS) is 22.0. The van der Waals surface area contributed by atoms with Crippen molar-refractivity contribution in [3.63, 3.8) is 0 Å². The van der Waals surface area contributed by atoms with Gasteiger partial charge >= 0.3 is 0 Å². The molecule has 0 bridgehead atoms. The van der Waals surface area contributed by atoms with E-state index in [1.807, 2.05) is 0 Å². The summed E-state index contributed by atoms with van der Waals surface area (Å²) in [5, 5.41) is 3.61. The van der Waals surface area contributed by atoms with Crippen LogP contribution in [-0.2, 0) is 0 Å². The molecule has 2 unspecified atom stereocenters. The molecule has 0 radical (unpaired) electrons. The van der Waals surface area contributed by atoms with Crippen LogP contribution >= 0.6 is 0 Å². The third-order valence-corrected chi connectivity index (χ3v) is 4.63. The minimum atomic E-state index is 0.850. The molecule has 1 aliphatic carbocycles. The topological polar surface area (TPSA) is 12.0 Å². The van der Waals surface area contributed by atoms with Crippen LogP contribution in [0.25, 0.3) is 11.1 Å². The van der Waals surface area contributed by atoms with Crippen molar-refractivity contribution < 1.29 is 0 Å². The van der Waals surface area contributed by atoms with Gasteiger partial charge in [0.2, 0.25) is 0 Å². The van der Waals surface area contributed by atoms with Crippen molar-refractivity contribution in [2.45, 2.75) is 32.6 Å². The molecule has 0 heterocycles. The smallest absolute Gasteiger partial charge is 0.0340 e. The zero-order valence-corrected chi connectivity index (χ0v) is 12.9. The fourth-order valence-electron chi connectivity index (χ4n) is 3.42. The molecular formula is C20H25N. The minimum absolute atomic E-state index is 0.850. The number of rotatable bonds is 4. The maximum Gasteiger partial charge on any atom is 0.0340 e. The Morgan fingerprint density at radius 1 is 0.905 bits per heavy atom. The second-order valence-corrected chi connectivity index (χ2v) is 6.46. The third kappa shape index (κ3) is 3.87. The van der Waals surface area contributed by atoms with Crippen molar-refractivity contribution in [3.8, 4) is 11.1 Å². The summed E-state index contributed by atoms with van der Waals surface area (Å²) >= 11 is 0. The van der Waals surface area contributed by atoms with Gasteiger partial charge in [0, 0.05) is 12.2 Å². The second-order valence-electron chi connectivity index (χ2n) is 6.46. The van der Waals surface area contributed by atoms with Crippen LogP contribution in [-0.4, -0.2) is 6.54 Å². The molecule has 0 aliphatic heterocycles. The van der Waals surface area contributed by atoms with Gasteiger partial charge in [0.15, 0.2) is 0 Å². The molecular weight excluding hydrogens is 254 g/mol. The highest BCUT2D eigenvalue weighted by molar-refractivity contribution is 5.65. The average Bonchev–Trinajstić information content (AvgIpc) is 2.54. The fraction of sp³-hybridized carbons (Fsp3) is 0.400. The van der Waals surface area contributed by atoms with E-state index in [1.165, 1.54) is 42.5 Å². The van der Waals surface area contributed by atoms with Crippen molar-refractivity contribution in [2.24, 2.45) is 11.8 Å². The van der Waals surface area contributed by atoms with Gasteiger partial charge in [-0.3, -0.25) is 0 Å². The van der Waals surface area contributed by atoms with Crippen LogP contribution in [0, 0.1) is 11.8 Å². The lowest BCUT2D eigenvalue weighted by Crippen LogP contribution is -2.20. The van der Waals surface area contributed by atoms with E-state index >= 15 is 0 Å². The van der Waals surface area contributed by atoms with E-state index in [1.54, 1.807) is 0 Å². The lowest BCUT2D eigenvalue weighted by atomic mass is 9.82. The summed E-state index contributed by atoms with van der Waals surface area (Å²) in [6, 6.07) is 19.4. The van der Waals surface area contributed by atoms with Crippen molar-refractivity contribution in [1.82, 2.24) is 0 Å². The molecule has 1 N–H and O–H groups in total. The first-order valence-corrected chi connectivity index (χ1v) is 8.20. The van der Waals surface area contributed by atoms with Crippen LogP contribution in [0.15, 0.2) is 54.6 Å². The summed E-state index contributed by atoms with van der Waals surface area (Å²) in [6.45, 7) is 3.51. The largest absolute Gasteiger partial charge is 0.385 e. The lowest BCUT2D eigenvalue weighted by molar-refractivity contribution is 0.293. The predicted octanol–water partition coefficient (Wildman–Crippen LogP) is 5.59. The van der Waals surface area contributed by atoms with Crippen LogP contribution in [0.3, 0.4) is 0 Å². The number of nitrogens with one attached hydrogen (secondary N) is 1. The molecule has 0 saturated heterocycles. The maximum atomic E-state index is 3.61. The van der Waals surface area contributed by atoms with Gasteiger partial charge in [0.05, 0.1) is 0 Å². The van der Waals surface area contributed by atoms with Crippen LogP contribution in [0.2, 0.25) is 0 Å². The Labute approximate surface area is 128 Å². The third-order valence-electron chi connectivity index (χ3n) is 4.63. The predicted molar refractivity (Wildman–Crippen MR) is 91.5 cm³/mol. The molecule has 2 atom stereocenters. The molecule has 1 fully saturated rings. The van der Waals surface area contributed by atoms with Crippen molar-refractivity contribution in [2.75, 3.05) is 11.9 Å². The van der Waals surface area contributed by atoms with Gasteiger partial charge in [-0.1, -0.05) is 62.2 Å². The molecule has 110 valence electrons. The van der Waals surface area contributed by atoms with E-state index in [0.29, 0.717) is 0 Å². The monoisotopic (exact) mass is 279 g/mol. The molecule has 2 aromatic rings. The van der Waals surface area contributed by atoms with E-state index in [9.17, 15) is 0 Å². The average molecular weight is 279 g/mol. The van der Waals surface area contributed by atoms with E-state index in [4.69, 9.17) is 0 Å². The summed E-state index contributed by atoms with van der Waals surface area (Å²) in [6.07, 6.45) is 5.59. The van der Waals surface area contributed by atoms with Crippen molar-refractivity contribution in [1.29, 1.82) is 0 Å². The molecule has 0 spiro atoms. The lowest BCUT2D eigenvalue weighted by Gasteiger charge is -2.27. The van der Waals surface area contributed by atoms with E-state index in [0.717, 1.165) is 18.4 Å². The molecule has 1 nitrogen and oxygen atoms in total. The minimum Gasteiger partial charge on any atom is -0.385 e. The number of anilines is 1. The van der Waals surface area contributed by atoms with Crippen molar-refractivity contribution >= 4 is 5.69 Å².